The predicted octanol–water partition coefficient (Wildman–Crippen LogP) is 5.16. The fourth-order valence-corrected chi connectivity index (χ4v) is 3.70. The quantitative estimate of drug-likeness (QED) is 0.525. The summed E-state index contributed by atoms with van der Waals surface area (Å²) in [5.41, 5.74) is 2.06. The predicted molar refractivity (Wildman–Crippen MR) is 117 cm³/mol. The first-order valence-corrected chi connectivity index (χ1v) is 10.9. The molecule has 1 N–H and O–H groups in total. The van der Waals surface area contributed by atoms with Gasteiger partial charge in [-0.1, -0.05) is 39.0 Å². The van der Waals surface area contributed by atoms with Crippen molar-refractivity contribution < 1.29 is 9.21 Å². The van der Waals surface area contributed by atoms with Gasteiger partial charge in [-0.05, 0) is 54.9 Å². The average Bonchev–Trinajstić information content (AvgIpc) is 3.39. The van der Waals surface area contributed by atoms with Gasteiger partial charge in [0, 0.05) is 5.69 Å². The highest BCUT2D eigenvalue weighted by Crippen LogP contribution is 2.24. The van der Waals surface area contributed by atoms with Gasteiger partial charge in [-0.3, -0.25) is 9.69 Å². The van der Waals surface area contributed by atoms with E-state index in [0.29, 0.717) is 24.2 Å². The number of nitrogens with one attached hydrogen (secondary N) is 1. The van der Waals surface area contributed by atoms with Crippen LogP contribution in [0.3, 0.4) is 0 Å². The minimum absolute atomic E-state index is 0.0475. The standard InChI is InChI=1S/C22H28N4O2S/c1-5-12-26(14-20-24-25-22(28-20)19-7-6-13-29-19)16(4)21(27)23-18-10-8-17(9-11-18)15(2)3/h6-11,13,15-16H,5,12,14H2,1-4H3,(H,23,27)/t16-/m0/s1. The van der Waals surface area contributed by atoms with Crippen molar-refractivity contribution in [3.63, 3.8) is 0 Å². The van der Waals surface area contributed by atoms with Crippen LogP contribution < -0.4 is 5.32 Å². The van der Waals surface area contributed by atoms with Gasteiger partial charge in [-0.2, -0.15) is 0 Å². The number of carbonyl (C=O) groups excluding carboxylic acids is 1. The van der Waals surface area contributed by atoms with Crippen LogP contribution >= 0.6 is 11.3 Å². The van der Waals surface area contributed by atoms with Gasteiger partial charge in [0.2, 0.25) is 11.8 Å². The largest absolute Gasteiger partial charge is 0.419 e. The fraction of sp³-hybridized carbons (Fsp3) is 0.409. The van der Waals surface area contributed by atoms with E-state index in [2.05, 4.69) is 53.3 Å². The molecule has 29 heavy (non-hydrogen) atoms. The Morgan fingerprint density at radius 1 is 1.17 bits per heavy atom. The Balaban J connectivity index is 1.65. The third-order valence-corrected chi connectivity index (χ3v) is 5.68. The number of thiophene rings is 1. The molecule has 0 aliphatic carbocycles. The van der Waals surface area contributed by atoms with Crippen LogP contribution in [0.5, 0.6) is 0 Å². The maximum absolute atomic E-state index is 12.8. The molecule has 0 saturated carbocycles. The lowest BCUT2D eigenvalue weighted by molar-refractivity contribution is -0.121. The highest BCUT2D eigenvalue weighted by molar-refractivity contribution is 7.13. The molecule has 1 amide bonds. The van der Waals surface area contributed by atoms with Crippen molar-refractivity contribution in [1.82, 2.24) is 15.1 Å². The summed E-state index contributed by atoms with van der Waals surface area (Å²) in [6.07, 6.45) is 0.923. The van der Waals surface area contributed by atoms with Gasteiger partial charge in [0.05, 0.1) is 17.5 Å². The zero-order valence-electron chi connectivity index (χ0n) is 17.4. The Morgan fingerprint density at radius 2 is 1.93 bits per heavy atom. The van der Waals surface area contributed by atoms with Gasteiger partial charge in [0.15, 0.2) is 0 Å². The molecule has 0 unspecified atom stereocenters. The summed E-state index contributed by atoms with van der Waals surface area (Å²) in [5.74, 6) is 1.46. The normalized spacial score (nSPS) is 12.5. The molecule has 7 heteroatoms. The van der Waals surface area contributed by atoms with E-state index in [0.717, 1.165) is 23.5 Å². The van der Waals surface area contributed by atoms with E-state index >= 15 is 0 Å². The molecule has 154 valence electrons. The highest BCUT2D eigenvalue weighted by atomic mass is 32.1. The maximum atomic E-state index is 12.8. The summed E-state index contributed by atoms with van der Waals surface area (Å²) in [4.78, 5) is 15.8. The third kappa shape index (κ3) is 5.52. The van der Waals surface area contributed by atoms with Gasteiger partial charge >= 0.3 is 0 Å². The zero-order valence-corrected chi connectivity index (χ0v) is 18.2. The Kier molecular flexibility index (Phi) is 7.17. The van der Waals surface area contributed by atoms with Gasteiger partial charge < -0.3 is 9.73 Å². The summed E-state index contributed by atoms with van der Waals surface area (Å²) >= 11 is 1.56. The first-order chi connectivity index (χ1) is 14.0. The van der Waals surface area contributed by atoms with Crippen molar-refractivity contribution in [2.45, 2.75) is 52.6 Å². The second-order valence-electron chi connectivity index (χ2n) is 7.39. The summed E-state index contributed by atoms with van der Waals surface area (Å²) < 4.78 is 5.80. The van der Waals surface area contributed by atoms with Crippen molar-refractivity contribution in [3.05, 3.63) is 53.2 Å². The monoisotopic (exact) mass is 412 g/mol. The number of nitrogens with zero attached hydrogens (tertiary/aromatic N) is 3. The molecule has 0 saturated heterocycles. The number of amides is 1. The number of hydrogen-bond donors (Lipinski definition) is 1. The lowest BCUT2D eigenvalue weighted by Crippen LogP contribution is -2.42. The molecular weight excluding hydrogens is 384 g/mol. The second kappa shape index (κ2) is 9.80. The third-order valence-electron chi connectivity index (χ3n) is 4.82. The lowest BCUT2D eigenvalue weighted by Gasteiger charge is -2.26. The van der Waals surface area contributed by atoms with Crippen molar-refractivity contribution in [2.24, 2.45) is 0 Å². The lowest BCUT2D eigenvalue weighted by atomic mass is 10.0. The summed E-state index contributed by atoms with van der Waals surface area (Å²) in [6.45, 7) is 9.50. The van der Waals surface area contributed by atoms with Gasteiger partial charge in [-0.15, -0.1) is 21.5 Å². The molecule has 0 radical (unpaired) electrons. The Labute approximate surface area is 176 Å². The molecule has 1 atom stereocenters. The fourth-order valence-electron chi connectivity index (χ4n) is 3.05. The molecule has 1 aromatic carbocycles. The number of benzene rings is 1. The molecule has 6 nitrogen and oxygen atoms in total. The number of aromatic nitrogens is 2. The van der Waals surface area contributed by atoms with Crippen LogP contribution in [0.1, 0.15) is 51.5 Å². The number of hydrogen-bond acceptors (Lipinski definition) is 6. The molecular formula is C22H28N4O2S. The summed E-state index contributed by atoms with van der Waals surface area (Å²) in [7, 11) is 0. The SMILES string of the molecule is CCCN(Cc1nnc(-c2cccs2)o1)[C@@H](C)C(=O)Nc1ccc(C(C)C)cc1. The Hall–Kier alpha value is -2.51. The second-order valence-corrected chi connectivity index (χ2v) is 8.34. The average molecular weight is 413 g/mol. The van der Waals surface area contributed by atoms with E-state index in [4.69, 9.17) is 4.42 Å². The van der Waals surface area contributed by atoms with Gasteiger partial charge in [-0.25, -0.2) is 0 Å². The summed E-state index contributed by atoms with van der Waals surface area (Å²) in [5, 5.41) is 13.3. The van der Waals surface area contributed by atoms with Crippen LogP contribution in [0.2, 0.25) is 0 Å². The van der Waals surface area contributed by atoms with Crippen molar-refractivity contribution in [2.75, 3.05) is 11.9 Å². The van der Waals surface area contributed by atoms with Crippen molar-refractivity contribution in [1.29, 1.82) is 0 Å². The zero-order chi connectivity index (χ0) is 20.8. The van der Waals surface area contributed by atoms with E-state index < -0.39 is 0 Å². The molecule has 0 bridgehead atoms. The number of carbonyl (C=O) groups is 1. The highest BCUT2D eigenvalue weighted by Gasteiger charge is 2.23. The van der Waals surface area contributed by atoms with Crippen LogP contribution in [-0.4, -0.2) is 33.6 Å². The minimum atomic E-state index is -0.322. The molecule has 0 aliphatic heterocycles. The van der Waals surface area contributed by atoms with Crippen molar-refractivity contribution in [3.8, 4) is 10.8 Å². The van der Waals surface area contributed by atoms with Crippen LogP contribution in [-0.2, 0) is 11.3 Å². The maximum Gasteiger partial charge on any atom is 0.257 e. The van der Waals surface area contributed by atoms with Gasteiger partial charge in [0.1, 0.15) is 0 Å². The van der Waals surface area contributed by atoms with Crippen LogP contribution in [0.4, 0.5) is 5.69 Å². The van der Waals surface area contributed by atoms with E-state index in [1.807, 2.05) is 36.6 Å². The van der Waals surface area contributed by atoms with Crippen LogP contribution in [0.25, 0.3) is 10.8 Å². The smallest absolute Gasteiger partial charge is 0.257 e. The molecule has 2 aromatic heterocycles. The van der Waals surface area contributed by atoms with E-state index in [9.17, 15) is 4.79 Å². The Bertz CT molecular complexity index is 903. The minimum Gasteiger partial charge on any atom is -0.419 e. The van der Waals surface area contributed by atoms with E-state index in [-0.39, 0.29) is 11.9 Å². The number of rotatable bonds is 9. The van der Waals surface area contributed by atoms with Crippen molar-refractivity contribution >= 4 is 22.9 Å². The first kappa shape index (κ1) is 21.2. The molecule has 2 heterocycles. The van der Waals surface area contributed by atoms with Crippen LogP contribution in [0, 0.1) is 0 Å². The van der Waals surface area contributed by atoms with Gasteiger partial charge in [0.25, 0.3) is 5.89 Å². The molecule has 0 fully saturated rings. The molecule has 3 aromatic rings. The molecule has 0 aliphatic rings. The van der Waals surface area contributed by atoms with Crippen LogP contribution in [0.15, 0.2) is 46.2 Å². The van der Waals surface area contributed by atoms with E-state index in [1.165, 1.54) is 5.56 Å². The number of anilines is 1. The topological polar surface area (TPSA) is 71.3 Å². The molecule has 3 rings (SSSR count). The Morgan fingerprint density at radius 3 is 2.55 bits per heavy atom. The summed E-state index contributed by atoms with van der Waals surface area (Å²) in [6, 6.07) is 11.6. The van der Waals surface area contributed by atoms with E-state index in [1.54, 1.807) is 11.3 Å². The first-order valence-electron chi connectivity index (χ1n) is 9.99. The molecule has 0 spiro atoms.